The number of ether oxygens (including phenoxy) is 4. The van der Waals surface area contributed by atoms with Gasteiger partial charge in [-0.15, -0.1) is 0 Å². The molecule has 3 aliphatic rings. The zero-order valence-electron chi connectivity index (χ0n) is 16.2. The summed E-state index contributed by atoms with van der Waals surface area (Å²) in [5, 5.41) is 5.39. The van der Waals surface area contributed by atoms with Gasteiger partial charge in [-0.3, -0.25) is 9.67 Å². The second-order valence-electron chi connectivity index (χ2n) is 7.79. The first kappa shape index (κ1) is 17.1. The van der Waals surface area contributed by atoms with Crippen molar-refractivity contribution >= 4 is 16.6 Å². The second kappa shape index (κ2) is 6.60. The molecule has 29 heavy (non-hydrogen) atoms. The minimum Gasteiger partial charge on any atom is -0.454 e. The number of hydrogen-bond donors (Lipinski definition) is 0. The van der Waals surface area contributed by atoms with Crippen LogP contribution in [-0.4, -0.2) is 60.1 Å². The highest BCUT2D eigenvalue weighted by Crippen LogP contribution is 2.40. The molecule has 0 bridgehead atoms. The molecule has 0 aliphatic carbocycles. The maximum absolute atomic E-state index is 6.24. The van der Waals surface area contributed by atoms with Crippen molar-refractivity contribution in [3.63, 3.8) is 0 Å². The van der Waals surface area contributed by atoms with E-state index in [0.717, 1.165) is 46.9 Å². The van der Waals surface area contributed by atoms with E-state index < -0.39 is 0 Å². The molecule has 2 fully saturated rings. The summed E-state index contributed by atoms with van der Waals surface area (Å²) in [5.41, 5.74) is 3.02. The summed E-state index contributed by atoms with van der Waals surface area (Å²) < 4.78 is 25.5. The summed E-state index contributed by atoms with van der Waals surface area (Å²) in [6.45, 7) is 5.04. The molecule has 2 atom stereocenters. The summed E-state index contributed by atoms with van der Waals surface area (Å²) in [6.07, 6.45) is 3.82. The number of pyridine rings is 1. The summed E-state index contributed by atoms with van der Waals surface area (Å²) >= 11 is 0. The predicted octanol–water partition coefficient (Wildman–Crippen LogP) is 2.31. The summed E-state index contributed by atoms with van der Waals surface area (Å²) in [4.78, 5) is 7.03. The molecule has 1 aromatic carbocycles. The lowest BCUT2D eigenvalue weighted by Crippen LogP contribution is -2.27. The lowest BCUT2D eigenvalue weighted by Gasteiger charge is -2.22. The van der Waals surface area contributed by atoms with Gasteiger partial charge in [-0.2, -0.15) is 5.10 Å². The van der Waals surface area contributed by atoms with Gasteiger partial charge in [-0.25, -0.2) is 0 Å². The molecule has 0 spiro atoms. The number of hydrogen-bond acceptors (Lipinski definition) is 7. The fourth-order valence-corrected chi connectivity index (χ4v) is 4.42. The van der Waals surface area contributed by atoms with Crippen molar-refractivity contribution in [1.29, 1.82) is 0 Å². The van der Waals surface area contributed by atoms with Crippen molar-refractivity contribution in [3.8, 4) is 11.5 Å². The number of aryl methyl sites for hydroxylation is 1. The molecule has 0 radical (unpaired) electrons. The third kappa shape index (κ3) is 2.90. The number of benzene rings is 1. The van der Waals surface area contributed by atoms with Gasteiger partial charge in [0.05, 0.1) is 24.8 Å². The fraction of sp³-hybridized carbons (Fsp3) is 0.429. The number of fused-ring (bicyclic) bond motifs is 3. The lowest BCUT2D eigenvalue weighted by molar-refractivity contribution is -0.00461. The van der Waals surface area contributed by atoms with Gasteiger partial charge >= 0.3 is 0 Å². The molecule has 6 rings (SSSR count). The number of anilines is 1. The molecule has 2 saturated heterocycles. The van der Waals surface area contributed by atoms with Gasteiger partial charge < -0.3 is 23.8 Å². The van der Waals surface area contributed by atoms with Crippen molar-refractivity contribution in [2.24, 2.45) is 0 Å². The van der Waals surface area contributed by atoms with Gasteiger partial charge in [-0.05, 0) is 25.1 Å². The first-order valence-electron chi connectivity index (χ1n) is 9.93. The standard InChI is InChI=1S/C21H22N4O4/c1-13-5-17(15-6-18-19(29-12-28-18)7-16(15)23-13)24-8-20-21(9-24)27-11-14(10-26-20)25-4-2-3-22-25/h2-7,14,20-21H,8-12H2,1H3/t20-,21-/m0/s1. The van der Waals surface area contributed by atoms with Crippen LogP contribution in [0.25, 0.3) is 10.9 Å². The first-order valence-corrected chi connectivity index (χ1v) is 9.93. The molecule has 0 N–H and O–H groups in total. The molecule has 3 aliphatic heterocycles. The van der Waals surface area contributed by atoms with Crippen LogP contribution in [0.4, 0.5) is 5.69 Å². The molecule has 0 amide bonds. The Morgan fingerprint density at radius 2 is 1.76 bits per heavy atom. The Bertz CT molecular complexity index is 1040. The molecular weight excluding hydrogens is 372 g/mol. The van der Waals surface area contributed by atoms with E-state index in [-0.39, 0.29) is 25.0 Å². The molecule has 0 saturated carbocycles. The van der Waals surface area contributed by atoms with Crippen molar-refractivity contribution in [1.82, 2.24) is 14.8 Å². The Balaban J connectivity index is 1.28. The van der Waals surface area contributed by atoms with Crippen LogP contribution in [0.2, 0.25) is 0 Å². The predicted molar refractivity (Wildman–Crippen MR) is 106 cm³/mol. The average molecular weight is 394 g/mol. The van der Waals surface area contributed by atoms with Crippen LogP contribution in [0, 0.1) is 6.92 Å². The van der Waals surface area contributed by atoms with E-state index in [1.54, 1.807) is 6.20 Å². The van der Waals surface area contributed by atoms with Crippen LogP contribution in [0.3, 0.4) is 0 Å². The molecule has 8 nitrogen and oxygen atoms in total. The molecule has 2 aromatic heterocycles. The lowest BCUT2D eigenvalue weighted by atomic mass is 10.1. The van der Waals surface area contributed by atoms with Crippen LogP contribution in [-0.2, 0) is 9.47 Å². The van der Waals surface area contributed by atoms with Gasteiger partial charge in [0.2, 0.25) is 6.79 Å². The Morgan fingerprint density at radius 3 is 2.48 bits per heavy atom. The van der Waals surface area contributed by atoms with Gasteiger partial charge in [0.25, 0.3) is 0 Å². The van der Waals surface area contributed by atoms with Gasteiger partial charge in [0.15, 0.2) is 11.5 Å². The largest absolute Gasteiger partial charge is 0.454 e. The zero-order valence-corrected chi connectivity index (χ0v) is 16.2. The number of aromatic nitrogens is 3. The minimum atomic E-state index is 0.0353. The van der Waals surface area contributed by atoms with Crippen molar-refractivity contribution in [3.05, 3.63) is 42.4 Å². The normalized spacial score (nSPS) is 24.1. The second-order valence-corrected chi connectivity index (χ2v) is 7.79. The Kier molecular flexibility index (Phi) is 3.88. The SMILES string of the molecule is Cc1cc(N2C[C@@H]3OCC(n4cccn4)CO[C@H]3C2)c2cc3c(cc2n1)OCO3. The summed E-state index contributed by atoms with van der Waals surface area (Å²) in [6, 6.07) is 8.17. The number of rotatable bonds is 2. The van der Waals surface area contributed by atoms with E-state index >= 15 is 0 Å². The van der Waals surface area contributed by atoms with Crippen LogP contribution >= 0.6 is 0 Å². The van der Waals surface area contributed by atoms with Crippen LogP contribution < -0.4 is 14.4 Å². The van der Waals surface area contributed by atoms with Crippen LogP contribution in [0.15, 0.2) is 36.7 Å². The first-order chi connectivity index (χ1) is 14.2. The van der Waals surface area contributed by atoms with Crippen LogP contribution in [0.5, 0.6) is 11.5 Å². The maximum atomic E-state index is 6.24. The molecule has 5 heterocycles. The third-order valence-electron chi connectivity index (χ3n) is 5.87. The quantitative estimate of drug-likeness (QED) is 0.661. The highest BCUT2D eigenvalue weighted by atomic mass is 16.7. The van der Waals surface area contributed by atoms with Gasteiger partial charge in [0.1, 0.15) is 12.2 Å². The highest BCUT2D eigenvalue weighted by Gasteiger charge is 2.38. The van der Waals surface area contributed by atoms with Crippen molar-refractivity contribution in [2.45, 2.75) is 25.2 Å². The Hall–Kier alpha value is -2.84. The fourth-order valence-electron chi connectivity index (χ4n) is 4.42. The van der Waals surface area contributed by atoms with E-state index in [9.17, 15) is 0 Å². The molecule has 0 unspecified atom stereocenters. The van der Waals surface area contributed by atoms with E-state index in [0.29, 0.717) is 13.2 Å². The monoisotopic (exact) mass is 394 g/mol. The highest BCUT2D eigenvalue weighted by molar-refractivity contribution is 5.94. The molecule has 150 valence electrons. The van der Waals surface area contributed by atoms with Crippen molar-refractivity contribution < 1.29 is 18.9 Å². The van der Waals surface area contributed by atoms with E-state index in [2.05, 4.69) is 16.1 Å². The van der Waals surface area contributed by atoms with Crippen LogP contribution in [0.1, 0.15) is 11.7 Å². The zero-order chi connectivity index (χ0) is 19.4. The minimum absolute atomic E-state index is 0.0353. The Labute approximate surface area is 167 Å². The van der Waals surface area contributed by atoms with E-state index in [1.165, 1.54) is 0 Å². The average Bonchev–Trinajstić information content (AvgIpc) is 3.45. The summed E-state index contributed by atoms with van der Waals surface area (Å²) in [7, 11) is 0. The van der Waals surface area contributed by atoms with Crippen molar-refractivity contribution in [2.75, 3.05) is 38.0 Å². The van der Waals surface area contributed by atoms with E-state index in [4.69, 9.17) is 23.9 Å². The van der Waals surface area contributed by atoms with Gasteiger partial charge in [0, 0.05) is 48.3 Å². The third-order valence-corrected chi connectivity index (χ3v) is 5.87. The topological polar surface area (TPSA) is 70.9 Å². The van der Waals surface area contributed by atoms with Gasteiger partial charge in [-0.1, -0.05) is 0 Å². The Morgan fingerprint density at radius 1 is 1.00 bits per heavy atom. The summed E-state index contributed by atoms with van der Waals surface area (Å²) in [5.74, 6) is 1.52. The van der Waals surface area contributed by atoms with E-state index in [1.807, 2.05) is 36.0 Å². The molecule has 8 heteroatoms. The molecule has 3 aromatic rings. The smallest absolute Gasteiger partial charge is 0.231 e. The number of nitrogens with zero attached hydrogens (tertiary/aromatic N) is 4. The molecular formula is C21H22N4O4. The maximum Gasteiger partial charge on any atom is 0.231 e.